The molecule has 108 valence electrons. The highest BCUT2D eigenvalue weighted by atomic mass is 32.1. The number of carbonyl (C=O) groups excluding carboxylic acids is 1. The van der Waals surface area contributed by atoms with E-state index < -0.39 is 5.97 Å². The third-order valence-corrected chi connectivity index (χ3v) is 4.20. The highest BCUT2D eigenvalue weighted by Gasteiger charge is 2.33. The number of carbonyl (C=O) groups is 2. The van der Waals surface area contributed by atoms with Gasteiger partial charge in [-0.3, -0.25) is 4.79 Å². The molecular weight excluding hydrogens is 288 g/mol. The first-order valence-corrected chi connectivity index (χ1v) is 7.57. The highest BCUT2D eigenvalue weighted by Crippen LogP contribution is 2.30. The van der Waals surface area contributed by atoms with Gasteiger partial charge in [-0.05, 0) is 36.4 Å². The van der Waals surface area contributed by atoms with E-state index in [2.05, 4.69) is 4.98 Å². The van der Waals surface area contributed by atoms with Crippen molar-refractivity contribution in [3.63, 3.8) is 0 Å². The van der Waals surface area contributed by atoms with E-state index in [1.54, 1.807) is 28.4 Å². The minimum Gasteiger partial charge on any atom is -0.477 e. The maximum atomic E-state index is 12.6. The van der Waals surface area contributed by atoms with E-state index >= 15 is 0 Å². The maximum absolute atomic E-state index is 12.6. The number of hydrogen-bond donors (Lipinski definition) is 1. The van der Waals surface area contributed by atoms with Crippen LogP contribution in [0.5, 0.6) is 0 Å². The molecule has 3 rings (SSSR count). The number of aromatic nitrogens is 1. The first-order chi connectivity index (χ1) is 10.1. The maximum Gasteiger partial charge on any atom is 0.354 e. The van der Waals surface area contributed by atoms with Crippen LogP contribution in [0.1, 0.15) is 38.7 Å². The molecule has 2 aromatic heterocycles. The average molecular weight is 302 g/mol. The van der Waals surface area contributed by atoms with Crippen molar-refractivity contribution >= 4 is 23.2 Å². The van der Waals surface area contributed by atoms with Gasteiger partial charge >= 0.3 is 5.97 Å². The van der Waals surface area contributed by atoms with Gasteiger partial charge in [-0.15, -0.1) is 11.3 Å². The van der Waals surface area contributed by atoms with E-state index in [4.69, 9.17) is 5.11 Å². The van der Waals surface area contributed by atoms with Gasteiger partial charge in [0.1, 0.15) is 11.4 Å². The van der Waals surface area contributed by atoms with Crippen LogP contribution in [0, 0.1) is 0 Å². The molecule has 0 unspecified atom stereocenters. The number of carboxylic acid groups (broad SMARTS) is 1. The third kappa shape index (κ3) is 3.11. The summed E-state index contributed by atoms with van der Waals surface area (Å²) in [7, 11) is 0. The molecule has 0 atom stereocenters. The Balaban J connectivity index is 1.84. The first-order valence-electron chi connectivity index (χ1n) is 6.69. The summed E-state index contributed by atoms with van der Waals surface area (Å²) in [6, 6.07) is 8.71. The topological polar surface area (TPSA) is 70.5 Å². The van der Waals surface area contributed by atoms with E-state index in [0.717, 1.165) is 17.7 Å². The molecular formula is C15H14N2O3S. The van der Waals surface area contributed by atoms with Crippen molar-refractivity contribution in [2.45, 2.75) is 25.4 Å². The third-order valence-electron chi connectivity index (χ3n) is 3.34. The molecule has 0 saturated heterocycles. The second-order valence-corrected chi connectivity index (χ2v) is 5.99. The molecule has 1 fully saturated rings. The van der Waals surface area contributed by atoms with Gasteiger partial charge in [0.2, 0.25) is 0 Å². The summed E-state index contributed by atoms with van der Waals surface area (Å²) in [5.41, 5.74) is 0.0890. The average Bonchev–Trinajstić information content (AvgIpc) is 3.20. The molecule has 5 nitrogen and oxygen atoms in total. The lowest BCUT2D eigenvalue weighted by Crippen LogP contribution is -2.33. The zero-order chi connectivity index (χ0) is 14.8. The Labute approximate surface area is 125 Å². The molecule has 0 bridgehead atoms. The van der Waals surface area contributed by atoms with Gasteiger partial charge in [0.15, 0.2) is 0 Å². The van der Waals surface area contributed by atoms with Crippen molar-refractivity contribution in [1.82, 2.24) is 9.88 Å². The van der Waals surface area contributed by atoms with E-state index in [1.807, 2.05) is 17.5 Å². The molecule has 1 N–H and O–H groups in total. The molecule has 1 saturated carbocycles. The number of thiophene rings is 1. The zero-order valence-electron chi connectivity index (χ0n) is 11.2. The van der Waals surface area contributed by atoms with Crippen LogP contribution in [0.25, 0.3) is 0 Å². The minimum atomic E-state index is -1.12. The Bertz CT molecular complexity index is 665. The molecule has 1 amide bonds. The lowest BCUT2D eigenvalue weighted by atomic mass is 10.2. The standard InChI is InChI=1S/C15H14N2O3S/c18-14(12-4-1-5-13(16-12)15(19)20)17(10-6-7-10)9-11-3-2-8-21-11/h1-5,8,10H,6-7,9H2,(H,19,20). The molecule has 2 heterocycles. The zero-order valence-corrected chi connectivity index (χ0v) is 12.0. The van der Waals surface area contributed by atoms with Crippen molar-refractivity contribution in [2.75, 3.05) is 0 Å². The molecule has 2 aromatic rings. The van der Waals surface area contributed by atoms with Gasteiger partial charge in [-0.2, -0.15) is 0 Å². The van der Waals surface area contributed by atoms with Crippen molar-refractivity contribution in [3.05, 3.63) is 52.0 Å². The molecule has 0 radical (unpaired) electrons. The molecule has 6 heteroatoms. The van der Waals surface area contributed by atoms with Crippen molar-refractivity contribution in [1.29, 1.82) is 0 Å². The van der Waals surface area contributed by atoms with Crippen molar-refractivity contribution in [2.24, 2.45) is 0 Å². The Kier molecular flexibility index (Phi) is 3.70. The van der Waals surface area contributed by atoms with Crippen molar-refractivity contribution in [3.8, 4) is 0 Å². The van der Waals surface area contributed by atoms with Gasteiger partial charge < -0.3 is 10.0 Å². The van der Waals surface area contributed by atoms with E-state index in [9.17, 15) is 9.59 Å². The molecule has 0 aromatic carbocycles. The Morgan fingerprint density at radius 1 is 1.24 bits per heavy atom. The van der Waals surface area contributed by atoms with E-state index in [0.29, 0.717) is 6.54 Å². The summed E-state index contributed by atoms with van der Waals surface area (Å²) in [5, 5.41) is 11.0. The van der Waals surface area contributed by atoms with E-state index in [1.165, 1.54) is 6.07 Å². The second kappa shape index (κ2) is 5.65. The second-order valence-electron chi connectivity index (χ2n) is 4.96. The Morgan fingerprint density at radius 2 is 2.00 bits per heavy atom. The largest absolute Gasteiger partial charge is 0.477 e. The molecule has 0 aliphatic heterocycles. The van der Waals surface area contributed by atoms with Crippen LogP contribution >= 0.6 is 11.3 Å². The number of amides is 1. The number of aromatic carboxylic acids is 1. The molecule has 1 aliphatic carbocycles. The fourth-order valence-corrected chi connectivity index (χ4v) is 2.85. The van der Waals surface area contributed by atoms with Crippen LogP contribution in [-0.4, -0.2) is 32.9 Å². The van der Waals surface area contributed by atoms with Gasteiger partial charge in [0.05, 0.1) is 6.54 Å². The van der Waals surface area contributed by atoms with Gasteiger partial charge in [0.25, 0.3) is 5.91 Å². The predicted octanol–water partition coefficient (Wildman–Crippen LogP) is 2.65. The molecule has 21 heavy (non-hydrogen) atoms. The summed E-state index contributed by atoms with van der Waals surface area (Å²) in [6.45, 7) is 0.556. The van der Waals surface area contributed by atoms with E-state index in [-0.39, 0.29) is 23.3 Å². The minimum absolute atomic E-state index is 0.104. The summed E-state index contributed by atoms with van der Waals surface area (Å²) in [6.07, 6.45) is 1.99. The monoisotopic (exact) mass is 302 g/mol. The number of rotatable bonds is 5. The fraction of sp³-hybridized carbons (Fsp3) is 0.267. The smallest absolute Gasteiger partial charge is 0.354 e. The number of pyridine rings is 1. The number of nitrogens with zero attached hydrogens (tertiary/aromatic N) is 2. The van der Waals surface area contributed by atoms with Crippen LogP contribution in [-0.2, 0) is 6.54 Å². The van der Waals surface area contributed by atoms with Crippen LogP contribution in [0.15, 0.2) is 35.7 Å². The number of carboxylic acids is 1. The van der Waals surface area contributed by atoms with Gasteiger partial charge in [-0.25, -0.2) is 9.78 Å². The summed E-state index contributed by atoms with van der Waals surface area (Å²) in [5.74, 6) is -1.32. The Hall–Kier alpha value is -2.21. The predicted molar refractivity (Wildman–Crippen MR) is 78.4 cm³/mol. The summed E-state index contributed by atoms with van der Waals surface area (Å²) in [4.78, 5) is 30.4. The fourth-order valence-electron chi connectivity index (χ4n) is 2.14. The summed E-state index contributed by atoms with van der Waals surface area (Å²) >= 11 is 1.61. The molecule has 1 aliphatic rings. The summed E-state index contributed by atoms with van der Waals surface area (Å²) < 4.78 is 0. The lowest BCUT2D eigenvalue weighted by Gasteiger charge is -2.21. The van der Waals surface area contributed by atoms with Crippen LogP contribution in [0.4, 0.5) is 0 Å². The number of hydrogen-bond acceptors (Lipinski definition) is 4. The van der Waals surface area contributed by atoms with Crippen LogP contribution < -0.4 is 0 Å². The Morgan fingerprint density at radius 3 is 2.62 bits per heavy atom. The van der Waals surface area contributed by atoms with Crippen molar-refractivity contribution < 1.29 is 14.7 Å². The lowest BCUT2D eigenvalue weighted by molar-refractivity contribution is 0.0689. The first kappa shape index (κ1) is 13.8. The SMILES string of the molecule is O=C(O)c1cccc(C(=O)N(Cc2cccs2)C2CC2)n1. The normalized spacial score (nSPS) is 13.9. The quantitative estimate of drug-likeness (QED) is 0.921. The van der Waals surface area contributed by atoms with Crippen LogP contribution in [0.2, 0.25) is 0 Å². The van der Waals surface area contributed by atoms with Gasteiger partial charge in [-0.1, -0.05) is 12.1 Å². The highest BCUT2D eigenvalue weighted by molar-refractivity contribution is 7.09. The van der Waals surface area contributed by atoms with Crippen LogP contribution in [0.3, 0.4) is 0 Å². The van der Waals surface area contributed by atoms with Gasteiger partial charge in [0, 0.05) is 10.9 Å². The molecule has 0 spiro atoms.